The minimum atomic E-state index is -0.265. The number of rotatable bonds is 3. The van der Waals surface area contributed by atoms with E-state index in [1.165, 1.54) is 6.20 Å². The second-order valence-corrected chi connectivity index (χ2v) is 5.15. The van der Waals surface area contributed by atoms with Gasteiger partial charge in [-0.2, -0.15) is 0 Å². The van der Waals surface area contributed by atoms with E-state index in [9.17, 15) is 9.90 Å². The molecule has 0 radical (unpaired) electrons. The Balaban J connectivity index is 1.87. The third kappa shape index (κ3) is 3.26. The zero-order valence-corrected chi connectivity index (χ0v) is 11.0. The maximum Gasteiger partial charge on any atom is 0.252 e. The van der Waals surface area contributed by atoms with Crippen LogP contribution < -0.4 is 5.32 Å². The smallest absolute Gasteiger partial charge is 0.252 e. The van der Waals surface area contributed by atoms with Gasteiger partial charge in [-0.05, 0) is 40.9 Å². The average molecular weight is 299 g/mol. The Bertz CT molecular complexity index is 394. The summed E-state index contributed by atoms with van der Waals surface area (Å²) < 4.78 is 0.709. The van der Waals surface area contributed by atoms with Gasteiger partial charge in [0.2, 0.25) is 0 Å². The van der Waals surface area contributed by atoms with Crippen molar-refractivity contribution in [1.82, 2.24) is 10.3 Å². The van der Waals surface area contributed by atoms with E-state index >= 15 is 0 Å². The van der Waals surface area contributed by atoms with Crippen molar-refractivity contribution in [3.8, 4) is 0 Å². The molecule has 4 nitrogen and oxygen atoms in total. The number of aliphatic hydroxyl groups is 1. The maximum absolute atomic E-state index is 11.8. The molecule has 2 N–H and O–H groups in total. The van der Waals surface area contributed by atoms with E-state index in [-0.39, 0.29) is 17.9 Å². The van der Waals surface area contributed by atoms with Crippen LogP contribution in [0.15, 0.2) is 22.9 Å². The first-order valence-corrected chi connectivity index (χ1v) is 6.54. The van der Waals surface area contributed by atoms with Gasteiger partial charge in [0.1, 0.15) is 4.60 Å². The number of pyridine rings is 1. The first kappa shape index (κ1) is 12.5. The number of hydrogen-bond acceptors (Lipinski definition) is 3. The minimum absolute atomic E-state index is 0.135. The molecular weight excluding hydrogens is 284 g/mol. The summed E-state index contributed by atoms with van der Waals surface area (Å²) >= 11 is 3.22. The van der Waals surface area contributed by atoms with Crippen LogP contribution in [-0.2, 0) is 0 Å². The second kappa shape index (κ2) is 5.60. The van der Waals surface area contributed by atoms with Gasteiger partial charge in [-0.3, -0.25) is 4.79 Å². The van der Waals surface area contributed by atoms with Gasteiger partial charge in [0.15, 0.2) is 0 Å². The lowest BCUT2D eigenvalue weighted by atomic mass is 10.1. The van der Waals surface area contributed by atoms with Crippen molar-refractivity contribution in [3.63, 3.8) is 0 Å². The Hall–Kier alpha value is -0.940. The van der Waals surface area contributed by atoms with E-state index in [1.807, 2.05) is 0 Å². The monoisotopic (exact) mass is 298 g/mol. The zero-order valence-electron chi connectivity index (χ0n) is 9.40. The molecule has 1 aliphatic rings. The van der Waals surface area contributed by atoms with Crippen LogP contribution in [0, 0.1) is 5.92 Å². The van der Waals surface area contributed by atoms with Crippen LogP contribution in [0.1, 0.15) is 29.6 Å². The molecule has 1 aromatic rings. The third-order valence-corrected chi connectivity index (χ3v) is 3.60. The van der Waals surface area contributed by atoms with Crippen LogP contribution in [0.2, 0.25) is 0 Å². The van der Waals surface area contributed by atoms with Gasteiger partial charge in [0.05, 0.1) is 11.7 Å². The molecule has 0 aromatic carbocycles. The number of halogens is 1. The van der Waals surface area contributed by atoms with E-state index in [0.717, 1.165) is 19.3 Å². The molecular formula is C12H15BrN2O2. The highest BCUT2D eigenvalue weighted by Gasteiger charge is 2.25. The number of amides is 1. The predicted octanol–water partition coefficient (Wildman–Crippen LogP) is 1.73. The largest absolute Gasteiger partial charge is 0.393 e. The summed E-state index contributed by atoms with van der Waals surface area (Å²) in [5, 5.41) is 12.5. The molecule has 0 bridgehead atoms. The normalized spacial score (nSPS) is 23.6. The standard InChI is InChI=1S/C12H15BrN2O2/c13-11-5-4-9(7-14-11)12(17)15-6-8-2-1-3-10(8)16/h4-5,7-8,10,16H,1-3,6H2,(H,15,17). The van der Waals surface area contributed by atoms with Crippen molar-refractivity contribution in [2.75, 3.05) is 6.54 Å². The highest BCUT2D eigenvalue weighted by Crippen LogP contribution is 2.24. The van der Waals surface area contributed by atoms with E-state index < -0.39 is 0 Å². The molecule has 2 atom stereocenters. The summed E-state index contributed by atoms with van der Waals surface area (Å²) in [5.74, 6) is 0.0615. The Morgan fingerprint density at radius 3 is 2.94 bits per heavy atom. The van der Waals surface area contributed by atoms with Gasteiger partial charge in [0.25, 0.3) is 5.91 Å². The lowest BCUT2D eigenvalue weighted by Gasteiger charge is -2.14. The Morgan fingerprint density at radius 1 is 1.53 bits per heavy atom. The van der Waals surface area contributed by atoms with E-state index in [2.05, 4.69) is 26.2 Å². The number of aliphatic hydroxyl groups excluding tert-OH is 1. The summed E-state index contributed by atoms with van der Waals surface area (Å²) in [7, 11) is 0. The highest BCUT2D eigenvalue weighted by atomic mass is 79.9. The van der Waals surface area contributed by atoms with Crippen molar-refractivity contribution >= 4 is 21.8 Å². The molecule has 1 aliphatic carbocycles. The summed E-state index contributed by atoms with van der Waals surface area (Å²) in [4.78, 5) is 15.8. The Labute approximate surface area is 109 Å². The number of nitrogens with zero attached hydrogens (tertiary/aromatic N) is 1. The van der Waals surface area contributed by atoms with Gasteiger partial charge in [-0.25, -0.2) is 4.98 Å². The van der Waals surface area contributed by atoms with Crippen molar-refractivity contribution in [3.05, 3.63) is 28.5 Å². The molecule has 1 heterocycles. The SMILES string of the molecule is O=C(NCC1CCCC1O)c1ccc(Br)nc1. The molecule has 92 valence electrons. The Kier molecular flexibility index (Phi) is 4.12. The number of carbonyl (C=O) groups excluding carboxylic acids is 1. The quantitative estimate of drug-likeness (QED) is 0.836. The molecule has 5 heteroatoms. The first-order valence-electron chi connectivity index (χ1n) is 5.74. The highest BCUT2D eigenvalue weighted by molar-refractivity contribution is 9.10. The molecule has 0 saturated heterocycles. The van der Waals surface area contributed by atoms with E-state index in [4.69, 9.17) is 0 Å². The Morgan fingerprint density at radius 2 is 2.35 bits per heavy atom. The number of aromatic nitrogens is 1. The molecule has 1 fully saturated rings. The van der Waals surface area contributed by atoms with Crippen molar-refractivity contribution in [2.45, 2.75) is 25.4 Å². The van der Waals surface area contributed by atoms with Gasteiger partial charge in [-0.1, -0.05) is 6.42 Å². The molecule has 1 aromatic heterocycles. The van der Waals surface area contributed by atoms with Crippen molar-refractivity contribution in [2.24, 2.45) is 5.92 Å². The molecule has 1 amide bonds. The van der Waals surface area contributed by atoms with Crippen LogP contribution in [0.5, 0.6) is 0 Å². The molecule has 0 spiro atoms. The van der Waals surface area contributed by atoms with Crippen LogP contribution >= 0.6 is 15.9 Å². The van der Waals surface area contributed by atoms with Crippen molar-refractivity contribution < 1.29 is 9.90 Å². The molecule has 17 heavy (non-hydrogen) atoms. The fraction of sp³-hybridized carbons (Fsp3) is 0.500. The summed E-state index contributed by atoms with van der Waals surface area (Å²) in [6.45, 7) is 0.538. The van der Waals surface area contributed by atoms with Crippen LogP contribution in [0.4, 0.5) is 0 Å². The summed E-state index contributed by atoms with van der Waals surface area (Å²) in [5.41, 5.74) is 0.542. The summed E-state index contributed by atoms with van der Waals surface area (Å²) in [6, 6.07) is 3.46. The average Bonchev–Trinajstić information content (AvgIpc) is 2.73. The number of hydrogen-bond donors (Lipinski definition) is 2. The molecule has 2 rings (SSSR count). The lowest BCUT2D eigenvalue weighted by Crippen LogP contribution is -2.32. The third-order valence-electron chi connectivity index (χ3n) is 3.13. The van der Waals surface area contributed by atoms with Gasteiger partial charge >= 0.3 is 0 Å². The van der Waals surface area contributed by atoms with E-state index in [0.29, 0.717) is 16.7 Å². The van der Waals surface area contributed by atoms with E-state index in [1.54, 1.807) is 12.1 Å². The molecule has 0 aliphatic heterocycles. The van der Waals surface area contributed by atoms with Crippen molar-refractivity contribution in [1.29, 1.82) is 0 Å². The van der Waals surface area contributed by atoms with Crippen LogP contribution in [0.25, 0.3) is 0 Å². The van der Waals surface area contributed by atoms with Gasteiger partial charge in [-0.15, -0.1) is 0 Å². The fourth-order valence-corrected chi connectivity index (χ4v) is 2.33. The van der Waals surface area contributed by atoms with Gasteiger partial charge in [0, 0.05) is 18.7 Å². The van der Waals surface area contributed by atoms with Crippen LogP contribution in [0.3, 0.4) is 0 Å². The minimum Gasteiger partial charge on any atom is -0.393 e. The first-order chi connectivity index (χ1) is 8.16. The van der Waals surface area contributed by atoms with Gasteiger partial charge < -0.3 is 10.4 Å². The summed E-state index contributed by atoms with van der Waals surface area (Å²) in [6.07, 6.45) is 4.14. The number of carbonyl (C=O) groups is 1. The predicted molar refractivity (Wildman–Crippen MR) is 67.6 cm³/mol. The maximum atomic E-state index is 11.8. The molecule has 2 unspecified atom stereocenters. The number of nitrogens with one attached hydrogen (secondary N) is 1. The second-order valence-electron chi connectivity index (χ2n) is 4.34. The molecule has 1 saturated carbocycles. The lowest BCUT2D eigenvalue weighted by molar-refractivity contribution is 0.0916. The topological polar surface area (TPSA) is 62.2 Å². The fourth-order valence-electron chi connectivity index (χ4n) is 2.09. The zero-order chi connectivity index (χ0) is 12.3. The van der Waals surface area contributed by atoms with Crippen LogP contribution in [-0.4, -0.2) is 28.6 Å².